The predicted molar refractivity (Wildman–Crippen MR) is 104 cm³/mol. The van der Waals surface area contributed by atoms with E-state index in [2.05, 4.69) is 6.92 Å². The van der Waals surface area contributed by atoms with Gasteiger partial charge in [-0.3, -0.25) is 0 Å². The average molecular weight is 484 g/mol. The third-order valence-corrected chi connectivity index (χ3v) is 9.52. The van der Waals surface area contributed by atoms with E-state index in [9.17, 15) is 35.9 Å². The van der Waals surface area contributed by atoms with Gasteiger partial charge in [-0.2, -0.15) is 26.3 Å². The molecule has 3 unspecified atom stereocenters. The second kappa shape index (κ2) is 8.04. The highest BCUT2D eigenvalue weighted by Crippen LogP contribution is 2.66. The summed E-state index contributed by atoms with van der Waals surface area (Å²) in [6.07, 6.45) is -5.84. The molecule has 0 aliphatic heterocycles. The third-order valence-electron chi connectivity index (χ3n) is 9.52. The molecule has 0 N–H and O–H groups in total. The zero-order chi connectivity index (χ0) is 24.4. The predicted octanol–water partition coefficient (Wildman–Crippen LogP) is 5.98. The number of hydrogen-bond acceptors (Lipinski definition) is 4. The minimum absolute atomic E-state index is 0.105. The van der Waals surface area contributed by atoms with E-state index in [4.69, 9.17) is 9.47 Å². The number of ether oxygens (including phenoxy) is 2. The summed E-state index contributed by atoms with van der Waals surface area (Å²) in [6.45, 7) is 4.12. The van der Waals surface area contributed by atoms with Gasteiger partial charge in [-0.1, -0.05) is 13.8 Å². The SMILES string of the molecule is C[C@]12CCC3C(CC[C@@H]4C[C@@H](OC(=O)C(F)(F)F)CC[C@]34C)C1CC[C@@H]2OC(=O)C(F)(F)F. The van der Waals surface area contributed by atoms with Crippen LogP contribution in [0.4, 0.5) is 26.3 Å². The van der Waals surface area contributed by atoms with Gasteiger partial charge in [0.2, 0.25) is 0 Å². The molecular weight excluding hydrogens is 454 g/mol. The molecule has 0 spiro atoms. The summed E-state index contributed by atoms with van der Waals surface area (Å²) in [7, 11) is 0. The van der Waals surface area contributed by atoms with Gasteiger partial charge >= 0.3 is 24.3 Å². The zero-order valence-corrected chi connectivity index (χ0v) is 18.7. The molecule has 0 amide bonds. The maximum absolute atomic E-state index is 12.8. The van der Waals surface area contributed by atoms with Crippen molar-refractivity contribution >= 4 is 11.9 Å². The Labute approximate surface area is 188 Å². The van der Waals surface area contributed by atoms with Crippen LogP contribution in [0.5, 0.6) is 0 Å². The number of halogens is 6. The quantitative estimate of drug-likeness (QED) is 0.358. The van der Waals surface area contributed by atoms with Crippen molar-refractivity contribution in [2.45, 2.75) is 96.2 Å². The van der Waals surface area contributed by atoms with Crippen molar-refractivity contribution in [2.24, 2.45) is 34.5 Å². The smallest absolute Gasteiger partial charge is 0.456 e. The van der Waals surface area contributed by atoms with E-state index < -0.39 is 41.9 Å². The summed E-state index contributed by atoms with van der Waals surface area (Å²) in [6, 6.07) is 0. The van der Waals surface area contributed by atoms with Gasteiger partial charge in [0.1, 0.15) is 12.2 Å². The van der Waals surface area contributed by atoms with Crippen LogP contribution in [-0.4, -0.2) is 36.5 Å². The molecule has 4 fully saturated rings. The molecule has 8 atom stereocenters. The molecule has 33 heavy (non-hydrogen) atoms. The van der Waals surface area contributed by atoms with Gasteiger partial charge in [0, 0.05) is 5.41 Å². The lowest BCUT2D eigenvalue weighted by Crippen LogP contribution is -2.55. The molecule has 0 aromatic heterocycles. The highest BCUT2D eigenvalue weighted by molar-refractivity contribution is 5.76. The summed E-state index contributed by atoms with van der Waals surface area (Å²) in [4.78, 5) is 22.8. The number of rotatable bonds is 2. The molecule has 4 rings (SSSR count). The summed E-state index contributed by atoms with van der Waals surface area (Å²) < 4.78 is 85.8. The zero-order valence-electron chi connectivity index (χ0n) is 18.7. The van der Waals surface area contributed by atoms with Crippen molar-refractivity contribution < 1.29 is 45.4 Å². The van der Waals surface area contributed by atoms with Gasteiger partial charge in [-0.15, -0.1) is 0 Å². The molecule has 0 aromatic carbocycles. The minimum atomic E-state index is -5.01. The highest BCUT2D eigenvalue weighted by atomic mass is 19.4. The van der Waals surface area contributed by atoms with Crippen LogP contribution < -0.4 is 0 Å². The molecule has 4 nitrogen and oxygen atoms in total. The van der Waals surface area contributed by atoms with Crippen LogP contribution in [0.25, 0.3) is 0 Å². The number of carbonyl (C=O) groups excluding carboxylic acids is 2. The van der Waals surface area contributed by atoms with Crippen molar-refractivity contribution in [1.29, 1.82) is 0 Å². The van der Waals surface area contributed by atoms with E-state index >= 15 is 0 Å². The fourth-order valence-corrected chi connectivity index (χ4v) is 7.89. The maximum Gasteiger partial charge on any atom is 0.490 e. The molecule has 10 heteroatoms. The standard InChI is InChI=1S/C23H30F6O4/c1-20-9-7-13(32-18(30)22(24,25)26)11-12(20)3-4-14-15-5-6-17(33-19(31)23(27,28)29)21(15,2)10-8-16(14)20/h12-17H,3-11H2,1-2H3/t12-,13+,14?,15?,16?,17+,20+,21+/m1/s1. The van der Waals surface area contributed by atoms with Crippen LogP contribution >= 0.6 is 0 Å². The van der Waals surface area contributed by atoms with Gasteiger partial charge in [0.05, 0.1) is 0 Å². The molecule has 0 saturated heterocycles. The molecule has 4 aliphatic rings. The largest absolute Gasteiger partial charge is 0.490 e. The van der Waals surface area contributed by atoms with E-state index in [1.54, 1.807) is 0 Å². The summed E-state index contributed by atoms with van der Waals surface area (Å²) in [5.74, 6) is -3.37. The Bertz CT molecular complexity index is 795. The van der Waals surface area contributed by atoms with E-state index in [0.717, 1.165) is 19.3 Å². The Kier molecular flexibility index (Phi) is 6.00. The second-order valence-electron chi connectivity index (χ2n) is 11.0. The summed E-state index contributed by atoms with van der Waals surface area (Å²) in [5.41, 5.74) is -0.600. The fraction of sp³-hybridized carbons (Fsp3) is 0.913. The minimum Gasteiger partial charge on any atom is -0.456 e. The van der Waals surface area contributed by atoms with Crippen LogP contribution in [0.2, 0.25) is 0 Å². The lowest BCUT2D eigenvalue weighted by atomic mass is 9.45. The van der Waals surface area contributed by atoms with Gasteiger partial charge < -0.3 is 9.47 Å². The Hall–Kier alpha value is -1.48. The number of hydrogen-bond donors (Lipinski definition) is 0. The Balaban J connectivity index is 1.45. The number of fused-ring (bicyclic) bond motifs is 5. The molecule has 0 bridgehead atoms. The first-order valence-electron chi connectivity index (χ1n) is 11.7. The lowest BCUT2D eigenvalue weighted by molar-refractivity contribution is -0.215. The van der Waals surface area contributed by atoms with E-state index in [1.807, 2.05) is 6.92 Å². The van der Waals surface area contributed by atoms with Crippen molar-refractivity contribution in [1.82, 2.24) is 0 Å². The molecule has 0 heterocycles. The normalized spacial score (nSPS) is 43.2. The Morgan fingerprint density at radius 3 is 1.94 bits per heavy atom. The van der Waals surface area contributed by atoms with Gasteiger partial charge in [0.15, 0.2) is 0 Å². The Morgan fingerprint density at radius 1 is 0.727 bits per heavy atom. The average Bonchev–Trinajstić information content (AvgIpc) is 3.03. The second-order valence-corrected chi connectivity index (χ2v) is 11.0. The van der Waals surface area contributed by atoms with Crippen molar-refractivity contribution in [3.05, 3.63) is 0 Å². The maximum atomic E-state index is 12.8. The molecule has 0 radical (unpaired) electrons. The van der Waals surface area contributed by atoms with Crippen LogP contribution in [0.15, 0.2) is 0 Å². The van der Waals surface area contributed by atoms with Crippen molar-refractivity contribution in [3.63, 3.8) is 0 Å². The van der Waals surface area contributed by atoms with Gasteiger partial charge in [-0.25, -0.2) is 9.59 Å². The topological polar surface area (TPSA) is 52.6 Å². The molecule has 0 aromatic rings. The molecule has 4 aliphatic carbocycles. The summed E-state index contributed by atoms with van der Waals surface area (Å²) in [5, 5.41) is 0. The van der Waals surface area contributed by atoms with Gasteiger partial charge in [-0.05, 0) is 86.9 Å². The first kappa shape index (κ1) is 24.6. The van der Waals surface area contributed by atoms with E-state index in [0.29, 0.717) is 44.4 Å². The molecule has 188 valence electrons. The third kappa shape index (κ3) is 4.24. The first-order chi connectivity index (χ1) is 15.2. The number of alkyl halides is 6. The van der Waals surface area contributed by atoms with Crippen LogP contribution in [-0.2, 0) is 19.1 Å². The van der Waals surface area contributed by atoms with Crippen molar-refractivity contribution in [2.75, 3.05) is 0 Å². The van der Waals surface area contributed by atoms with Crippen LogP contribution in [0.1, 0.15) is 71.6 Å². The molecule has 4 saturated carbocycles. The van der Waals surface area contributed by atoms with Crippen LogP contribution in [0.3, 0.4) is 0 Å². The number of carbonyl (C=O) groups is 2. The monoisotopic (exact) mass is 484 g/mol. The first-order valence-corrected chi connectivity index (χ1v) is 11.7. The van der Waals surface area contributed by atoms with Gasteiger partial charge in [0.25, 0.3) is 0 Å². The molecular formula is C23H30F6O4. The van der Waals surface area contributed by atoms with Crippen LogP contribution in [0, 0.1) is 34.5 Å². The summed E-state index contributed by atoms with van der Waals surface area (Å²) >= 11 is 0. The highest BCUT2D eigenvalue weighted by Gasteiger charge is 2.62. The fourth-order valence-electron chi connectivity index (χ4n) is 7.89. The van der Waals surface area contributed by atoms with E-state index in [-0.39, 0.29) is 23.2 Å². The van der Waals surface area contributed by atoms with E-state index in [1.165, 1.54) is 0 Å². The Morgan fingerprint density at radius 2 is 1.30 bits per heavy atom. The van der Waals surface area contributed by atoms with Crippen molar-refractivity contribution in [3.8, 4) is 0 Å². The lowest BCUT2D eigenvalue weighted by Gasteiger charge is -2.60. The number of esters is 2.